The van der Waals surface area contributed by atoms with Gasteiger partial charge in [-0.1, -0.05) is 12.1 Å². The van der Waals surface area contributed by atoms with Crippen LogP contribution in [-0.2, 0) is 10.0 Å². The van der Waals surface area contributed by atoms with Gasteiger partial charge in [-0.25, -0.2) is 8.42 Å². The molecule has 1 aromatic carbocycles. The molecule has 21 heavy (non-hydrogen) atoms. The van der Waals surface area contributed by atoms with E-state index in [-0.39, 0.29) is 6.04 Å². The van der Waals surface area contributed by atoms with Gasteiger partial charge in [0.1, 0.15) is 0 Å². The van der Waals surface area contributed by atoms with E-state index in [9.17, 15) is 21.6 Å². The van der Waals surface area contributed by atoms with E-state index in [0.29, 0.717) is 5.69 Å². The van der Waals surface area contributed by atoms with Crippen LogP contribution < -0.4 is 10.0 Å². The monoisotopic (exact) mass is 324 g/mol. The lowest BCUT2D eigenvalue weighted by molar-refractivity contribution is -0.134. The molecule has 1 aromatic rings. The Morgan fingerprint density at radius 3 is 2.24 bits per heavy atom. The van der Waals surface area contributed by atoms with E-state index in [1.807, 2.05) is 14.0 Å². The van der Waals surface area contributed by atoms with Crippen LogP contribution in [0, 0.1) is 0 Å². The first-order valence-corrected chi connectivity index (χ1v) is 8.12. The maximum atomic E-state index is 12.0. The van der Waals surface area contributed by atoms with Crippen LogP contribution in [0.25, 0.3) is 0 Å². The van der Waals surface area contributed by atoms with Crippen molar-refractivity contribution in [2.75, 3.05) is 17.5 Å². The van der Waals surface area contributed by atoms with E-state index in [0.717, 1.165) is 5.56 Å². The van der Waals surface area contributed by atoms with Crippen molar-refractivity contribution < 1.29 is 21.6 Å². The van der Waals surface area contributed by atoms with Gasteiger partial charge in [0.05, 0.1) is 5.75 Å². The van der Waals surface area contributed by atoms with Crippen LogP contribution in [0.15, 0.2) is 24.3 Å². The summed E-state index contributed by atoms with van der Waals surface area (Å²) in [6.07, 6.45) is -5.89. The first-order chi connectivity index (χ1) is 9.63. The summed E-state index contributed by atoms with van der Waals surface area (Å²) in [6, 6.07) is 6.82. The van der Waals surface area contributed by atoms with E-state index in [2.05, 4.69) is 10.0 Å². The number of hydrogen-bond donors (Lipinski definition) is 2. The largest absolute Gasteiger partial charge is 0.389 e. The molecule has 1 rings (SSSR count). The number of nitrogens with one attached hydrogen (secondary N) is 2. The van der Waals surface area contributed by atoms with Crippen molar-refractivity contribution in [3.05, 3.63) is 29.8 Å². The van der Waals surface area contributed by atoms with E-state index in [1.54, 1.807) is 24.3 Å². The normalized spacial score (nSPS) is 14.0. The van der Waals surface area contributed by atoms with Gasteiger partial charge in [0, 0.05) is 18.2 Å². The van der Waals surface area contributed by atoms with Gasteiger partial charge in [0.2, 0.25) is 10.0 Å². The summed E-state index contributed by atoms with van der Waals surface area (Å²) in [5, 5.41) is 3.05. The van der Waals surface area contributed by atoms with E-state index >= 15 is 0 Å². The highest BCUT2D eigenvalue weighted by Gasteiger charge is 2.27. The zero-order chi connectivity index (χ0) is 16.1. The zero-order valence-electron chi connectivity index (χ0n) is 11.9. The highest BCUT2D eigenvalue weighted by molar-refractivity contribution is 7.92. The maximum absolute atomic E-state index is 12.0. The molecule has 4 nitrogen and oxygen atoms in total. The van der Waals surface area contributed by atoms with Crippen LogP contribution >= 0.6 is 0 Å². The zero-order valence-corrected chi connectivity index (χ0v) is 12.7. The Labute approximate surface area is 122 Å². The van der Waals surface area contributed by atoms with Gasteiger partial charge >= 0.3 is 6.18 Å². The molecule has 1 atom stereocenters. The lowest BCUT2D eigenvalue weighted by Crippen LogP contribution is -2.19. The molecule has 0 amide bonds. The third-order valence-electron chi connectivity index (χ3n) is 2.99. The van der Waals surface area contributed by atoms with E-state index in [4.69, 9.17) is 0 Å². The van der Waals surface area contributed by atoms with Gasteiger partial charge in [-0.2, -0.15) is 13.2 Å². The van der Waals surface area contributed by atoms with Gasteiger partial charge in [0.25, 0.3) is 0 Å². The molecule has 2 N–H and O–H groups in total. The van der Waals surface area contributed by atoms with Crippen LogP contribution in [0.5, 0.6) is 0 Å². The Hall–Kier alpha value is -1.28. The Balaban J connectivity index is 2.59. The third kappa shape index (κ3) is 6.81. The minimum absolute atomic E-state index is 0.127. The molecule has 0 saturated heterocycles. The fourth-order valence-electron chi connectivity index (χ4n) is 1.70. The standard InChI is InChI=1S/C13H19F3N2O2S/c1-10(17-2)11-4-6-12(7-5-11)18-21(19,20)9-3-8-13(14,15)16/h4-7,10,17-18H,3,8-9H2,1-2H3. The van der Waals surface area contributed by atoms with Gasteiger partial charge < -0.3 is 5.32 Å². The van der Waals surface area contributed by atoms with Crippen molar-refractivity contribution in [2.45, 2.75) is 32.0 Å². The highest BCUT2D eigenvalue weighted by atomic mass is 32.2. The van der Waals surface area contributed by atoms with Crippen molar-refractivity contribution >= 4 is 15.7 Å². The van der Waals surface area contributed by atoms with Crippen LogP contribution in [0.4, 0.5) is 18.9 Å². The topological polar surface area (TPSA) is 58.2 Å². The predicted molar refractivity (Wildman–Crippen MR) is 76.6 cm³/mol. The molecular weight excluding hydrogens is 305 g/mol. The SMILES string of the molecule is CNC(C)c1ccc(NS(=O)(=O)CCCC(F)(F)F)cc1. The molecule has 120 valence electrons. The van der Waals surface area contributed by atoms with Crippen molar-refractivity contribution in [1.82, 2.24) is 5.32 Å². The third-order valence-corrected chi connectivity index (χ3v) is 4.36. The predicted octanol–water partition coefficient (Wildman–Crippen LogP) is 3.05. The second-order valence-electron chi connectivity index (χ2n) is 4.77. The molecule has 0 fully saturated rings. The number of benzene rings is 1. The minimum Gasteiger partial charge on any atom is -0.313 e. The lowest BCUT2D eigenvalue weighted by atomic mass is 10.1. The van der Waals surface area contributed by atoms with Crippen LogP contribution in [0.2, 0.25) is 0 Å². The molecule has 0 bridgehead atoms. The summed E-state index contributed by atoms with van der Waals surface area (Å²) < 4.78 is 61.6. The van der Waals surface area contributed by atoms with Crippen molar-refractivity contribution in [2.24, 2.45) is 0 Å². The fraction of sp³-hybridized carbons (Fsp3) is 0.538. The van der Waals surface area contributed by atoms with Gasteiger partial charge in [-0.05, 0) is 38.1 Å². The van der Waals surface area contributed by atoms with E-state index < -0.39 is 34.8 Å². The summed E-state index contributed by atoms with van der Waals surface area (Å²) in [4.78, 5) is 0. The number of alkyl halides is 3. The second-order valence-corrected chi connectivity index (χ2v) is 6.61. The first kappa shape index (κ1) is 17.8. The van der Waals surface area contributed by atoms with Crippen LogP contribution in [0.3, 0.4) is 0 Å². The van der Waals surface area contributed by atoms with Gasteiger partial charge in [-0.15, -0.1) is 0 Å². The van der Waals surface area contributed by atoms with Gasteiger partial charge in [-0.3, -0.25) is 4.72 Å². The Kier molecular flexibility index (Phi) is 6.03. The Morgan fingerprint density at radius 2 is 1.76 bits per heavy atom. The van der Waals surface area contributed by atoms with Crippen molar-refractivity contribution in [3.63, 3.8) is 0 Å². The molecule has 0 aliphatic rings. The first-order valence-electron chi connectivity index (χ1n) is 6.47. The minimum atomic E-state index is -4.33. The molecular formula is C13H19F3N2O2S. The number of anilines is 1. The summed E-state index contributed by atoms with van der Waals surface area (Å²) in [6.45, 7) is 1.95. The maximum Gasteiger partial charge on any atom is 0.389 e. The molecule has 0 heterocycles. The second kappa shape index (κ2) is 7.13. The summed E-state index contributed by atoms with van der Waals surface area (Å²) in [7, 11) is -1.95. The summed E-state index contributed by atoms with van der Waals surface area (Å²) in [5.74, 6) is -0.554. The number of hydrogen-bond acceptors (Lipinski definition) is 3. The molecule has 0 radical (unpaired) electrons. The molecule has 0 aromatic heterocycles. The smallest absolute Gasteiger partial charge is 0.313 e. The summed E-state index contributed by atoms with van der Waals surface area (Å²) in [5.41, 5.74) is 1.33. The average Bonchev–Trinajstić information content (AvgIpc) is 2.36. The average molecular weight is 324 g/mol. The lowest BCUT2D eigenvalue weighted by Gasteiger charge is -2.12. The molecule has 0 saturated carbocycles. The number of sulfonamides is 1. The molecule has 1 unspecified atom stereocenters. The fourth-order valence-corrected chi connectivity index (χ4v) is 2.82. The van der Waals surface area contributed by atoms with Crippen molar-refractivity contribution in [3.8, 4) is 0 Å². The molecule has 0 spiro atoms. The number of rotatable bonds is 7. The van der Waals surface area contributed by atoms with Gasteiger partial charge in [0.15, 0.2) is 0 Å². The van der Waals surface area contributed by atoms with Crippen LogP contribution in [-0.4, -0.2) is 27.4 Å². The molecule has 0 aliphatic carbocycles. The Bertz CT molecular complexity index is 542. The molecule has 0 aliphatic heterocycles. The Morgan fingerprint density at radius 1 is 1.19 bits per heavy atom. The quantitative estimate of drug-likeness (QED) is 0.810. The summed E-state index contributed by atoms with van der Waals surface area (Å²) >= 11 is 0. The number of halogens is 3. The molecule has 8 heteroatoms. The van der Waals surface area contributed by atoms with Crippen LogP contribution in [0.1, 0.15) is 31.4 Å². The van der Waals surface area contributed by atoms with E-state index in [1.165, 1.54) is 0 Å². The highest BCUT2D eigenvalue weighted by Crippen LogP contribution is 2.22. The van der Waals surface area contributed by atoms with Crippen molar-refractivity contribution in [1.29, 1.82) is 0 Å².